The van der Waals surface area contributed by atoms with Crippen LogP contribution in [0.2, 0.25) is 0 Å². The normalized spacial score (nSPS) is 12.9. The number of aromatic nitrogens is 2. The summed E-state index contributed by atoms with van der Waals surface area (Å²) < 4.78 is 29.3. The van der Waals surface area contributed by atoms with Crippen LogP contribution in [0.5, 0.6) is 0 Å². The summed E-state index contributed by atoms with van der Waals surface area (Å²) in [7, 11) is -3.31. The monoisotopic (exact) mass is 320 g/mol. The number of hydrogen-bond donors (Lipinski definition) is 0. The lowest BCUT2D eigenvalue weighted by Crippen LogP contribution is -2.12. The molecule has 0 saturated heterocycles. The number of sulfone groups is 1. The molecule has 1 aromatic carbocycles. The van der Waals surface area contributed by atoms with E-state index >= 15 is 0 Å². The third-order valence-electron chi connectivity index (χ3n) is 2.92. The fraction of sp³-hybridized carbons (Fsp3) is 0.375. The summed E-state index contributed by atoms with van der Waals surface area (Å²) in [5.74, 6) is 0.378. The maximum atomic E-state index is 12.1. The molecule has 0 spiro atoms. The Labute approximate surface area is 131 Å². The molecule has 0 bridgehead atoms. The quantitative estimate of drug-likeness (QED) is 0.846. The van der Waals surface area contributed by atoms with Crippen molar-refractivity contribution in [3.63, 3.8) is 0 Å². The van der Waals surface area contributed by atoms with Gasteiger partial charge in [-0.25, -0.2) is 8.42 Å². The first-order valence-electron chi connectivity index (χ1n) is 7.01. The highest BCUT2D eigenvalue weighted by atomic mass is 32.2. The molecular weight excluding hydrogens is 300 g/mol. The standard InChI is InChI=1S/C16H20N2O3S/c1-16(2,3)15-17-14(18-21-15)12-22(19,20)11-7-10-13-8-5-4-6-9-13/h4-10H,11-12H2,1-3H3/b10-7+. The predicted octanol–water partition coefficient (Wildman–Crippen LogP) is 3.00. The van der Waals surface area contributed by atoms with Crippen LogP contribution >= 0.6 is 0 Å². The molecule has 1 heterocycles. The maximum Gasteiger partial charge on any atom is 0.232 e. The first kappa shape index (κ1) is 16.4. The van der Waals surface area contributed by atoms with E-state index in [1.54, 1.807) is 12.2 Å². The average molecular weight is 320 g/mol. The van der Waals surface area contributed by atoms with Gasteiger partial charge in [-0.15, -0.1) is 0 Å². The van der Waals surface area contributed by atoms with E-state index in [4.69, 9.17) is 4.52 Å². The third kappa shape index (κ3) is 4.80. The SMILES string of the molecule is CC(C)(C)c1nc(CS(=O)(=O)C/C=C/c2ccccc2)no1. The highest BCUT2D eigenvalue weighted by Gasteiger charge is 2.23. The van der Waals surface area contributed by atoms with E-state index < -0.39 is 9.84 Å². The van der Waals surface area contributed by atoms with E-state index in [2.05, 4.69) is 10.1 Å². The van der Waals surface area contributed by atoms with Crippen molar-refractivity contribution in [2.24, 2.45) is 0 Å². The minimum atomic E-state index is -3.31. The molecule has 0 amide bonds. The van der Waals surface area contributed by atoms with E-state index in [1.165, 1.54) is 0 Å². The van der Waals surface area contributed by atoms with E-state index in [9.17, 15) is 8.42 Å². The van der Waals surface area contributed by atoms with Crippen molar-refractivity contribution in [1.29, 1.82) is 0 Å². The summed E-state index contributed by atoms with van der Waals surface area (Å²) in [6, 6.07) is 9.55. The molecule has 5 nitrogen and oxygen atoms in total. The van der Waals surface area contributed by atoms with E-state index in [0.717, 1.165) is 5.56 Å². The molecule has 1 aromatic heterocycles. The van der Waals surface area contributed by atoms with Crippen molar-refractivity contribution in [1.82, 2.24) is 10.1 Å². The Kier molecular flexibility index (Phi) is 4.81. The van der Waals surface area contributed by atoms with Gasteiger partial charge in [0.25, 0.3) is 0 Å². The lowest BCUT2D eigenvalue weighted by Gasteiger charge is -2.10. The Morgan fingerprint density at radius 1 is 1.18 bits per heavy atom. The first-order valence-corrected chi connectivity index (χ1v) is 8.83. The van der Waals surface area contributed by atoms with E-state index in [1.807, 2.05) is 51.1 Å². The maximum absolute atomic E-state index is 12.1. The fourth-order valence-corrected chi connectivity index (χ4v) is 2.79. The van der Waals surface area contributed by atoms with Crippen LogP contribution in [0.1, 0.15) is 38.0 Å². The summed E-state index contributed by atoms with van der Waals surface area (Å²) in [4.78, 5) is 4.15. The van der Waals surface area contributed by atoms with Gasteiger partial charge in [0, 0.05) is 5.41 Å². The molecular formula is C16H20N2O3S. The average Bonchev–Trinajstić information content (AvgIpc) is 2.87. The van der Waals surface area contributed by atoms with Gasteiger partial charge in [-0.3, -0.25) is 0 Å². The Morgan fingerprint density at radius 3 is 2.45 bits per heavy atom. The molecule has 0 aliphatic heterocycles. The Morgan fingerprint density at radius 2 is 1.86 bits per heavy atom. The molecule has 0 N–H and O–H groups in total. The summed E-state index contributed by atoms with van der Waals surface area (Å²) in [6.07, 6.45) is 3.42. The van der Waals surface area contributed by atoms with Crippen LogP contribution in [0.3, 0.4) is 0 Å². The second kappa shape index (κ2) is 6.44. The van der Waals surface area contributed by atoms with Gasteiger partial charge in [0.05, 0.1) is 5.75 Å². The minimum Gasteiger partial charge on any atom is -0.339 e. The molecule has 0 aliphatic rings. The van der Waals surface area contributed by atoms with Crippen LogP contribution < -0.4 is 0 Å². The second-order valence-corrected chi connectivity index (χ2v) is 8.24. The Balaban J connectivity index is 1.99. The van der Waals surface area contributed by atoms with Crippen molar-refractivity contribution >= 4 is 15.9 Å². The topological polar surface area (TPSA) is 73.1 Å². The Hall–Kier alpha value is -1.95. The van der Waals surface area contributed by atoms with Crippen molar-refractivity contribution in [2.45, 2.75) is 31.9 Å². The van der Waals surface area contributed by atoms with Gasteiger partial charge in [0.1, 0.15) is 5.75 Å². The van der Waals surface area contributed by atoms with Gasteiger partial charge in [0.2, 0.25) is 5.89 Å². The molecule has 0 fully saturated rings. The van der Waals surface area contributed by atoms with Crippen LogP contribution in [0.15, 0.2) is 40.9 Å². The van der Waals surface area contributed by atoms with Crippen LogP contribution in [0.25, 0.3) is 6.08 Å². The molecule has 22 heavy (non-hydrogen) atoms. The number of nitrogens with zero attached hydrogens (tertiary/aromatic N) is 2. The predicted molar refractivity (Wildman–Crippen MR) is 86.0 cm³/mol. The molecule has 2 aromatic rings. The molecule has 2 rings (SSSR count). The largest absolute Gasteiger partial charge is 0.339 e. The summed E-state index contributed by atoms with van der Waals surface area (Å²) >= 11 is 0. The zero-order chi connectivity index (χ0) is 16.2. The summed E-state index contributed by atoms with van der Waals surface area (Å²) in [6.45, 7) is 5.80. The molecule has 0 saturated carbocycles. The lowest BCUT2D eigenvalue weighted by molar-refractivity contribution is 0.319. The second-order valence-electron chi connectivity index (χ2n) is 6.13. The smallest absolute Gasteiger partial charge is 0.232 e. The summed E-state index contributed by atoms with van der Waals surface area (Å²) in [5.41, 5.74) is 0.676. The molecule has 0 radical (unpaired) electrons. The van der Waals surface area contributed by atoms with Crippen LogP contribution in [-0.4, -0.2) is 24.3 Å². The van der Waals surface area contributed by atoms with Crippen LogP contribution in [0.4, 0.5) is 0 Å². The molecule has 0 atom stereocenters. The highest BCUT2D eigenvalue weighted by molar-refractivity contribution is 7.90. The van der Waals surface area contributed by atoms with Gasteiger partial charge in [-0.2, -0.15) is 4.98 Å². The fourth-order valence-electron chi connectivity index (χ4n) is 1.77. The van der Waals surface area contributed by atoms with Crippen molar-refractivity contribution in [3.8, 4) is 0 Å². The molecule has 118 valence electrons. The zero-order valence-electron chi connectivity index (χ0n) is 13.0. The van der Waals surface area contributed by atoms with Gasteiger partial charge in [0.15, 0.2) is 15.7 Å². The number of hydrogen-bond acceptors (Lipinski definition) is 5. The summed E-state index contributed by atoms with van der Waals surface area (Å²) in [5, 5.41) is 3.74. The van der Waals surface area contributed by atoms with Gasteiger partial charge in [-0.05, 0) is 5.56 Å². The Bertz CT molecular complexity index is 741. The highest BCUT2D eigenvalue weighted by Crippen LogP contribution is 2.20. The first-order chi connectivity index (χ1) is 10.3. The van der Waals surface area contributed by atoms with Crippen molar-refractivity contribution < 1.29 is 12.9 Å². The van der Waals surface area contributed by atoms with Crippen LogP contribution in [-0.2, 0) is 21.0 Å². The van der Waals surface area contributed by atoms with Gasteiger partial charge < -0.3 is 4.52 Å². The van der Waals surface area contributed by atoms with Crippen molar-refractivity contribution in [2.75, 3.05) is 5.75 Å². The van der Waals surface area contributed by atoms with Crippen molar-refractivity contribution in [3.05, 3.63) is 53.7 Å². The molecule has 0 aliphatic carbocycles. The number of benzene rings is 1. The molecule has 6 heteroatoms. The third-order valence-corrected chi connectivity index (χ3v) is 4.32. The van der Waals surface area contributed by atoms with E-state index in [-0.39, 0.29) is 22.7 Å². The van der Waals surface area contributed by atoms with Gasteiger partial charge in [-0.1, -0.05) is 68.4 Å². The van der Waals surface area contributed by atoms with Gasteiger partial charge >= 0.3 is 0 Å². The zero-order valence-corrected chi connectivity index (χ0v) is 13.8. The van der Waals surface area contributed by atoms with E-state index in [0.29, 0.717) is 5.89 Å². The lowest BCUT2D eigenvalue weighted by atomic mass is 9.97. The van der Waals surface area contributed by atoms with Crippen LogP contribution in [0, 0.1) is 0 Å². The molecule has 0 unspecified atom stereocenters. The minimum absolute atomic E-state index is 0.0543. The number of rotatable bonds is 5.